The summed E-state index contributed by atoms with van der Waals surface area (Å²) in [6.45, 7) is 0. The minimum absolute atomic E-state index is 0.175. The molecule has 0 aliphatic carbocycles. The standard InChI is InChI=1S/C8H5IN4O2/c9-5-1-2-7(6(3-5)8(14)15)13-4-10-11-12-13/h1-4H,(H,14,15). The van der Waals surface area contributed by atoms with E-state index in [1.807, 2.05) is 22.6 Å². The number of rotatable bonds is 2. The van der Waals surface area contributed by atoms with Crippen LogP contribution in [0.4, 0.5) is 0 Å². The minimum atomic E-state index is -1.00. The third-order valence-corrected chi connectivity index (χ3v) is 2.46. The average molecular weight is 316 g/mol. The number of halogens is 1. The molecule has 0 saturated carbocycles. The fraction of sp³-hybridized carbons (Fsp3) is 0. The van der Waals surface area contributed by atoms with Crippen LogP contribution in [-0.2, 0) is 0 Å². The summed E-state index contributed by atoms with van der Waals surface area (Å²) < 4.78 is 2.17. The lowest BCUT2D eigenvalue weighted by Gasteiger charge is -2.04. The zero-order chi connectivity index (χ0) is 10.8. The molecule has 1 heterocycles. The molecule has 76 valence electrons. The maximum Gasteiger partial charge on any atom is 0.337 e. The van der Waals surface area contributed by atoms with E-state index in [0.717, 1.165) is 3.57 Å². The molecule has 0 aliphatic rings. The van der Waals surface area contributed by atoms with Crippen LogP contribution in [0, 0.1) is 3.57 Å². The van der Waals surface area contributed by atoms with E-state index in [0.29, 0.717) is 5.69 Å². The van der Waals surface area contributed by atoms with Gasteiger partial charge in [-0.1, -0.05) is 0 Å². The lowest BCUT2D eigenvalue weighted by Crippen LogP contribution is -2.06. The van der Waals surface area contributed by atoms with Gasteiger partial charge >= 0.3 is 5.97 Å². The molecule has 0 bridgehead atoms. The highest BCUT2D eigenvalue weighted by molar-refractivity contribution is 14.1. The van der Waals surface area contributed by atoms with E-state index in [1.54, 1.807) is 18.2 Å². The van der Waals surface area contributed by atoms with Crippen molar-refractivity contribution in [3.63, 3.8) is 0 Å². The molecular weight excluding hydrogens is 311 g/mol. The maximum absolute atomic E-state index is 11.0. The van der Waals surface area contributed by atoms with Gasteiger partial charge in [0.15, 0.2) is 0 Å². The summed E-state index contributed by atoms with van der Waals surface area (Å²) in [6.07, 6.45) is 1.36. The van der Waals surface area contributed by atoms with Gasteiger partial charge in [0.05, 0.1) is 11.3 Å². The van der Waals surface area contributed by atoms with Crippen LogP contribution < -0.4 is 0 Å². The molecule has 6 nitrogen and oxygen atoms in total. The molecular formula is C8H5IN4O2. The van der Waals surface area contributed by atoms with Crippen LogP contribution in [0.1, 0.15) is 10.4 Å². The Morgan fingerprint density at radius 3 is 2.87 bits per heavy atom. The third-order valence-electron chi connectivity index (χ3n) is 1.78. The third kappa shape index (κ3) is 1.96. The fourth-order valence-corrected chi connectivity index (χ4v) is 1.64. The van der Waals surface area contributed by atoms with Crippen molar-refractivity contribution in [1.82, 2.24) is 20.2 Å². The highest BCUT2D eigenvalue weighted by atomic mass is 127. The van der Waals surface area contributed by atoms with Gasteiger partial charge in [0.2, 0.25) is 0 Å². The lowest BCUT2D eigenvalue weighted by molar-refractivity contribution is 0.0696. The summed E-state index contributed by atoms with van der Waals surface area (Å²) in [5.41, 5.74) is 0.627. The maximum atomic E-state index is 11.0. The van der Waals surface area contributed by atoms with Gasteiger partial charge in [-0.3, -0.25) is 0 Å². The summed E-state index contributed by atoms with van der Waals surface area (Å²) in [6, 6.07) is 5.03. The minimum Gasteiger partial charge on any atom is -0.478 e. The van der Waals surface area contributed by atoms with Gasteiger partial charge in [0.25, 0.3) is 0 Å². The smallest absolute Gasteiger partial charge is 0.337 e. The highest BCUT2D eigenvalue weighted by Gasteiger charge is 2.12. The summed E-state index contributed by atoms with van der Waals surface area (Å²) in [5.74, 6) is -1.00. The number of hydrogen-bond acceptors (Lipinski definition) is 4. The highest BCUT2D eigenvalue weighted by Crippen LogP contribution is 2.16. The van der Waals surface area contributed by atoms with Crippen molar-refractivity contribution in [2.24, 2.45) is 0 Å². The van der Waals surface area contributed by atoms with Gasteiger partial charge in [0, 0.05) is 3.57 Å². The molecule has 7 heteroatoms. The van der Waals surface area contributed by atoms with Crippen molar-refractivity contribution >= 4 is 28.6 Å². The second-order valence-electron chi connectivity index (χ2n) is 2.72. The number of carboxylic acids is 1. The van der Waals surface area contributed by atoms with E-state index >= 15 is 0 Å². The monoisotopic (exact) mass is 316 g/mol. The van der Waals surface area contributed by atoms with Gasteiger partial charge in [-0.15, -0.1) is 5.10 Å². The zero-order valence-electron chi connectivity index (χ0n) is 7.33. The van der Waals surface area contributed by atoms with E-state index < -0.39 is 5.97 Å². The van der Waals surface area contributed by atoms with Crippen LogP contribution in [0.3, 0.4) is 0 Å². The Labute approximate surface area is 98.1 Å². The molecule has 15 heavy (non-hydrogen) atoms. The second kappa shape index (κ2) is 3.93. The van der Waals surface area contributed by atoms with Gasteiger partial charge in [-0.2, -0.15) is 4.68 Å². The van der Waals surface area contributed by atoms with Crippen molar-refractivity contribution in [3.05, 3.63) is 33.7 Å². The molecule has 0 amide bonds. The molecule has 2 aromatic rings. The Morgan fingerprint density at radius 1 is 1.47 bits per heavy atom. The summed E-state index contributed by atoms with van der Waals surface area (Å²) in [4.78, 5) is 11.0. The Bertz CT molecular complexity index is 497. The van der Waals surface area contributed by atoms with Crippen molar-refractivity contribution in [3.8, 4) is 5.69 Å². The predicted octanol–water partition coefficient (Wildman–Crippen LogP) is 0.965. The van der Waals surface area contributed by atoms with E-state index in [1.165, 1.54) is 11.0 Å². The molecule has 0 spiro atoms. The number of aromatic carboxylic acids is 1. The normalized spacial score (nSPS) is 10.2. The van der Waals surface area contributed by atoms with Crippen molar-refractivity contribution in [2.45, 2.75) is 0 Å². The Kier molecular flexibility index (Phi) is 2.62. The molecule has 0 saturated heterocycles. The number of nitrogens with zero attached hydrogens (tertiary/aromatic N) is 4. The summed E-state index contributed by atoms with van der Waals surface area (Å²) >= 11 is 2.05. The SMILES string of the molecule is O=C(O)c1cc(I)ccc1-n1cnnn1. The largest absolute Gasteiger partial charge is 0.478 e. The Hall–Kier alpha value is -1.51. The van der Waals surface area contributed by atoms with Crippen LogP contribution >= 0.6 is 22.6 Å². The molecule has 0 unspecified atom stereocenters. The summed E-state index contributed by atoms with van der Waals surface area (Å²) in [7, 11) is 0. The van der Waals surface area contributed by atoms with Crippen molar-refractivity contribution in [1.29, 1.82) is 0 Å². The zero-order valence-corrected chi connectivity index (χ0v) is 9.49. The van der Waals surface area contributed by atoms with Gasteiger partial charge in [-0.25, -0.2) is 4.79 Å². The Balaban J connectivity index is 2.61. The molecule has 0 atom stereocenters. The first-order valence-corrected chi connectivity index (χ1v) is 5.02. The average Bonchev–Trinajstić information content (AvgIpc) is 2.70. The van der Waals surface area contributed by atoms with E-state index in [-0.39, 0.29) is 5.56 Å². The van der Waals surface area contributed by atoms with Crippen molar-refractivity contribution < 1.29 is 9.90 Å². The number of hydrogen-bond donors (Lipinski definition) is 1. The van der Waals surface area contributed by atoms with Crippen LogP contribution in [0.25, 0.3) is 5.69 Å². The Morgan fingerprint density at radius 2 is 2.27 bits per heavy atom. The predicted molar refractivity (Wildman–Crippen MR) is 58.8 cm³/mol. The molecule has 1 aromatic carbocycles. The van der Waals surface area contributed by atoms with Gasteiger partial charge in [0.1, 0.15) is 6.33 Å². The molecule has 0 aliphatic heterocycles. The van der Waals surface area contributed by atoms with Gasteiger partial charge in [-0.05, 0) is 51.2 Å². The van der Waals surface area contributed by atoms with E-state index in [4.69, 9.17) is 5.11 Å². The number of tetrazole rings is 1. The van der Waals surface area contributed by atoms with Crippen molar-refractivity contribution in [2.75, 3.05) is 0 Å². The summed E-state index contributed by atoms with van der Waals surface area (Å²) in [5, 5.41) is 19.6. The van der Waals surface area contributed by atoms with E-state index in [9.17, 15) is 4.79 Å². The number of benzene rings is 1. The quantitative estimate of drug-likeness (QED) is 0.835. The van der Waals surface area contributed by atoms with Crippen LogP contribution in [0.15, 0.2) is 24.5 Å². The van der Waals surface area contributed by atoms with E-state index in [2.05, 4.69) is 15.5 Å². The van der Waals surface area contributed by atoms with Gasteiger partial charge < -0.3 is 5.11 Å². The number of aromatic nitrogens is 4. The van der Waals surface area contributed by atoms with Crippen LogP contribution in [0.2, 0.25) is 0 Å². The number of carboxylic acid groups (broad SMARTS) is 1. The molecule has 0 fully saturated rings. The molecule has 2 rings (SSSR count). The fourth-order valence-electron chi connectivity index (χ4n) is 1.15. The topological polar surface area (TPSA) is 80.9 Å². The lowest BCUT2D eigenvalue weighted by atomic mass is 10.2. The molecule has 1 N–H and O–H groups in total. The molecule has 1 aromatic heterocycles. The first-order valence-electron chi connectivity index (χ1n) is 3.94. The first-order chi connectivity index (χ1) is 7.18. The van der Waals surface area contributed by atoms with Crippen LogP contribution in [0.5, 0.6) is 0 Å². The first kappa shape index (κ1) is 10.0. The second-order valence-corrected chi connectivity index (χ2v) is 3.97. The molecule has 0 radical (unpaired) electrons. The van der Waals surface area contributed by atoms with Crippen LogP contribution in [-0.4, -0.2) is 31.3 Å². The number of carbonyl (C=O) groups is 1.